The van der Waals surface area contributed by atoms with Crippen molar-refractivity contribution >= 4 is 16.3 Å². The highest BCUT2D eigenvalue weighted by Gasteiger charge is 2.35. The molecule has 3 aromatic rings. The maximum atomic E-state index is 13.9. The van der Waals surface area contributed by atoms with Crippen molar-refractivity contribution in [3.63, 3.8) is 0 Å². The molecule has 0 radical (unpaired) electrons. The van der Waals surface area contributed by atoms with Crippen LogP contribution in [0.1, 0.15) is 35.1 Å². The number of aryl methyl sites for hydroxylation is 1. The number of hydrogen-bond acceptors (Lipinski definition) is 5. The van der Waals surface area contributed by atoms with Crippen LogP contribution in [0.5, 0.6) is 5.88 Å². The summed E-state index contributed by atoms with van der Waals surface area (Å²) in [4.78, 5) is 6.53. The van der Waals surface area contributed by atoms with E-state index < -0.39 is 11.6 Å². The van der Waals surface area contributed by atoms with Crippen LogP contribution in [-0.4, -0.2) is 44.0 Å². The molecule has 0 unspecified atom stereocenters. The maximum Gasteiger partial charge on any atom is 0.235 e. The lowest BCUT2D eigenvalue weighted by Gasteiger charge is -2.33. The first-order chi connectivity index (χ1) is 12.4. The largest absolute Gasteiger partial charge is 0.492 e. The first-order valence-corrected chi connectivity index (χ1v) is 9.28. The molecule has 0 bridgehead atoms. The number of halogens is 2. The van der Waals surface area contributed by atoms with Crippen molar-refractivity contribution in [2.45, 2.75) is 31.9 Å². The van der Waals surface area contributed by atoms with Crippen molar-refractivity contribution in [3.05, 3.63) is 46.1 Å². The number of aromatic nitrogens is 3. The standard InChI is InChI=1S/C17H18F2N4O2S/c1-9-20-17-23(21-9)16(25)15(26-17)14(22-6-4-11(24)5-7-22)10-2-3-12(18)13(19)8-10/h2-3,8,11,14,24-25H,4-7H2,1H3/p+1/t14-/m0/s1. The molecule has 0 aliphatic carbocycles. The number of piperidine rings is 1. The normalized spacial score (nSPS) is 22.0. The van der Waals surface area contributed by atoms with Gasteiger partial charge in [-0.3, -0.25) is 0 Å². The highest BCUT2D eigenvalue weighted by Crippen LogP contribution is 2.35. The van der Waals surface area contributed by atoms with Gasteiger partial charge in [0.2, 0.25) is 10.8 Å². The van der Waals surface area contributed by atoms with E-state index in [1.54, 1.807) is 13.0 Å². The summed E-state index contributed by atoms with van der Waals surface area (Å²) in [5, 5.41) is 24.7. The van der Waals surface area contributed by atoms with Crippen molar-refractivity contribution in [2.24, 2.45) is 0 Å². The van der Waals surface area contributed by atoms with Gasteiger partial charge in [0.15, 0.2) is 17.7 Å². The number of aliphatic hydroxyl groups excluding tert-OH is 1. The molecule has 138 valence electrons. The molecule has 9 heteroatoms. The zero-order valence-electron chi connectivity index (χ0n) is 14.1. The third-order valence-corrected chi connectivity index (χ3v) is 5.94. The molecule has 0 spiro atoms. The smallest absolute Gasteiger partial charge is 0.235 e. The van der Waals surface area contributed by atoms with Crippen LogP contribution in [0, 0.1) is 18.6 Å². The van der Waals surface area contributed by atoms with Crippen molar-refractivity contribution in [1.29, 1.82) is 0 Å². The average molecular weight is 381 g/mol. The Morgan fingerprint density at radius 2 is 2.00 bits per heavy atom. The first kappa shape index (κ1) is 17.3. The van der Waals surface area contributed by atoms with Gasteiger partial charge in [0.05, 0.1) is 19.2 Å². The molecule has 3 heterocycles. The fourth-order valence-corrected chi connectivity index (χ4v) is 4.75. The Morgan fingerprint density at radius 1 is 1.27 bits per heavy atom. The van der Waals surface area contributed by atoms with Gasteiger partial charge in [-0.1, -0.05) is 11.3 Å². The van der Waals surface area contributed by atoms with Gasteiger partial charge >= 0.3 is 0 Å². The average Bonchev–Trinajstić information content (AvgIpc) is 3.11. The van der Waals surface area contributed by atoms with Crippen molar-refractivity contribution in [3.8, 4) is 5.88 Å². The van der Waals surface area contributed by atoms with Crippen LogP contribution in [0.25, 0.3) is 4.96 Å². The SMILES string of the molecule is Cc1nc2sc([C@H](c3ccc(F)c(F)c3)[NH+]3CCC(O)CC3)c(O)n2n1. The minimum Gasteiger partial charge on any atom is -0.492 e. The summed E-state index contributed by atoms with van der Waals surface area (Å²) in [7, 11) is 0. The van der Waals surface area contributed by atoms with Gasteiger partial charge in [0.1, 0.15) is 10.7 Å². The molecular weight excluding hydrogens is 362 g/mol. The van der Waals surface area contributed by atoms with Crippen LogP contribution in [0.15, 0.2) is 18.2 Å². The maximum absolute atomic E-state index is 13.9. The quantitative estimate of drug-likeness (QED) is 0.638. The Kier molecular flexibility index (Phi) is 4.37. The molecular formula is C17H19F2N4O2S+. The van der Waals surface area contributed by atoms with Crippen LogP contribution in [0.4, 0.5) is 8.78 Å². The number of fused-ring (bicyclic) bond motifs is 1. The summed E-state index contributed by atoms with van der Waals surface area (Å²) in [6.45, 7) is 3.07. The van der Waals surface area contributed by atoms with Gasteiger partial charge in [0.25, 0.3) is 0 Å². The van der Waals surface area contributed by atoms with Crippen molar-refractivity contribution in [1.82, 2.24) is 14.6 Å². The number of quaternary nitrogens is 1. The minimum absolute atomic E-state index is 0.0287. The van der Waals surface area contributed by atoms with Gasteiger partial charge < -0.3 is 15.1 Å². The molecule has 4 rings (SSSR count). The van der Waals surface area contributed by atoms with Crippen molar-refractivity contribution in [2.75, 3.05) is 13.1 Å². The van der Waals surface area contributed by atoms with Crippen LogP contribution in [-0.2, 0) is 0 Å². The second-order valence-electron chi connectivity index (χ2n) is 6.64. The Bertz CT molecular complexity index is 950. The molecule has 0 amide bonds. The van der Waals surface area contributed by atoms with E-state index in [4.69, 9.17) is 0 Å². The summed E-state index contributed by atoms with van der Waals surface area (Å²) in [5.74, 6) is -1.30. The van der Waals surface area contributed by atoms with Crippen LogP contribution in [0.2, 0.25) is 0 Å². The minimum atomic E-state index is -0.918. The van der Waals surface area contributed by atoms with Gasteiger partial charge in [-0.15, -0.1) is 5.10 Å². The van der Waals surface area contributed by atoms with Crippen LogP contribution >= 0.6 is 11.3 Å². The lowest BCUT2D eigenvalue weighted by atomic mass is 9.99. The molecule has 26 heavy (non-hydrogen) atoms. The van der Waals surface area contributed by atoms with E-state index in [0.717, 1.165) is 11.0 Å². The number of aromatic hydroxyl groups is 1. The molecule has 1 atom stereocenters. The number of likely N-dealkylation sites (tertiary alicyclic amines) is 1. The second kappa shape index (κ2) is 6.57. The first-order valence-electron chi connectivity index (χ1n) is 8.46. The molecule has 2 aromatic heterocycles. The molecule has 1 aromatic carbocycles. The monoisotopic (exact) mass is 381 g/mol. The highest BCUT2D eigenvalue weighted by atomic mass is 32.1. The van der Waals surface area contributed by atoms with Crippen LogP contribution in [0.3, 0.4) is 0 Å². The molecule has 1 fully saturated rings. The lowest BCUT2D eigenvalue weighted by molar-refractivity contribution is -0.931. The predicted molar refractivity (Wildman–Crippen MR) is 91.4 cm³/mol. The van der Waals surface area contributed by atoms with Gasteiger partial charge in [-0.25, -0.2) is 13.8 Å². The van der Waals surface area contributed by atoms with E-state index in [1.807, 2.05) is 0 Å². The Hall–Kier alpha value is -2.10. The zero-order chi connectivity index (χ0) is 18.4. The third kappa shape index (κ3) is 2.95. The fraction of sp³-hybridized carbons (Fsp3) is 0.412. The molecule has 0 saturated carbocycles. The van der Waals surface area contributed by atoms with E-state index in [0.29, 0.717) is 47.2 Å². The van der Waals surface area contributed by atoms with Crippen molar-refractivity contribution < 1.29 is 23.9 Å². The Morgan fingerprint density at radius 3 is 2.65 bits per heavy atom. The van der Waals surface area contributed by atoms with E-state index in [9.17, 15) is 19.0 Å². The van der Waals surface area contributed by atoms with Gasteiger partial charge in [0, 0.05) is 18.4 Å². The number of rotatable bonds is 3. The van der Waals surface area contributed by atoms with E-state index >= 15 is 0 Å². The zero-order valence-corrected chi connectivity index (χ0v) is 14.9. The Labute approximate surface area is 152 Å². The number of hydrogen-bond donors (Lipinski definition) is 3. The van der Waals surface area contributed by atoms with E-state index in [2.05, 4.69) is 10.1 Å². The third-order valence-electron chi connectivity index (χ3n) is 4.85. The topological polar surface area (TPSA) is 75.1 Å². The van der Waals surface area contributed by atoms with E-state index in [1.165, 1.54) is 21.9 Å². The summed E-state index contributed by atoms with van der Waals surface area (Å²) >= 11 is 1.29. The molecule has 3 N–H and O–H groups in total. The Balaban J connectivity index is 1.82. The molecule has 1 aliphatic rings. The lowest BCUT2D eigenvalue weighted by Crippen LogP contribution is -3.13. The van der Waals surface area contributed by atoms with Gasteiger partial charge in [-0.05, 0) is 25.1 Å². The summed E-state index contributed by atoms with van der Waals surface area (Å²) < 4.78 is 28.7. The van der Waals surface area contributed by atoms with Crippen LogP contribution < -0.4 is 4.90 Å². The summed E-state index contributed by atoms with van der Waals surface area (Å²) in [5.41, 5.74) is 0.576. The molecule has 1 saturated heterocycles. The van der Waals surface area contributed by atoms with E-state index in [-0.39, 0.29) is 18.0 Å². The predicted octanol–water partition coefficient (Wildman–Crippen LogP) is 1.21. The number of nitrogens with zero attached hydrogens (tertiary/aromatic N) is 3. The summed E-state index contributed by atoms with van der Waals surface area (Å²) in [6, 6.07) is 3.44. The molecule has 1 aliphatic heterocycles. The molecule has 6 nitrogen and oxygen atoms in total. The van der Waals surface area contributed by atoms with Gasteiger partial charge in [-0.2, -0.15) is 4.52 Å². The fourth-order valence-electron chi connectivity index (χ4n) is 3.56. The second-order valence-corrected chi connectivity index (χ2v) is 7.65. The summed E-state index contributed by atoms with van der Waals surface area (Å²) in [6.07, 6.45) is 0.898. The number of nitrogens with one attached hydrogen (secondary N) is 1. The number of aliphatic hydroxyl groups is 1. The highest BCUT2D eigenvalue weighted by molar-refractivity contribution is 7.17. The number of thiazole rings is 1. The number of benzene rings is 1.